The molecular weight excluding hydrogens is 386 g/mol. The van der Waals surface area contributed by atoms with Crippen LogP contribution in [-0.4, -0.2) is 50.1 Å². The Labute approximate surface area is 172 Å². The average Bonchev–Trinajstić information content (AvgIpc) is 3.04. The summed E-state index contributed by atoms with van der Waals surface area (Å²) >= 11 is 5.50. The number of para-hydroxylation sites is 1. The zero-order valence-corrected chi connectivity index (χ0v) is 16.6. The first-order valence-corrected chi connectivity index (χ1v) is 9.85. The van der Waals surface area contributed by atoms with Crippen LogP contribution in [-0.2, 0) is 17.9 Å². The summed E-state index contributed by atoms with van der Waals surface area (Å²) in [6.45, 7) is 1.88. The van der Waals surface area contributed by atoms with Crippen molar-refractivity contribution in [3.63, 3.8) is 0 Å². The molecule has 2 aromatic carbocycles. The van der Waals surface area contributed by atoms with Gasteiger partial charge in [0.05, 0.1) is 18.0 Å². The fourth-order valence-electron chi connectivity index (χ4n) is 4.50. The molecule has 0 saturated carbocycles. The predicted molar refractivity (Wildman–Crippen MR) is 113 cm³/mol. The van der Waals surface area contributed by atoms with Gasteiger partial charge in [-0.2, -0.15) is 0 Å². The second kappa shape index (κ2) is 6.42. The molecule has 6 nitrogen and oxygen atoms in total. The maximum atomic E-state index is 13.0. The van der Waals surface area contributed by atoms with Gasteiger partial charge in [0.25, 0.3) is 0 Å². The van der Waals surface area contributed by atoms with Gasteiger partial charge < -0.3 is 14.6 Å². The Morgan fingerprint density at radius 2 is 1.90 bits per heavy atom. The van der Waals surface area contributed by atoms with E-state index in [1.54, 1.807) is 24.1 Å². The number of nitrogens with zero attached hydrogens (tertiary/aromatic N) is 3. The molecule has 0 spiro atoms. The van der Waals surface area contributed by atoms with E-state index in [9.17, 15) is 9.59 Å². The zero-order chi connectivity index (χ0) is 20.3. The SMILES string of the molecule is CN1C(=O)C2CN(Cc3c2c2ccccc2n3Cc2ccc(C(=O)O)cc2)C1=S. The monoisotopic (exact) mass is 405 g/mol. The first kappa shape index (κ1) is 17.9. The molecule has 1 atom stereocenters. The van der Waals surface area contributed by atoms with E-state index in [0.717, 1.165) is 27.7 Å². The fraction of sp³-hybridized carbons (Fsp3) is 0.227. The molecule has 7 heteroatoms. The van der Waals surface area contributed by atoms with E-state index >= 15 is 0 Å². The van der Waals surface area contributed by atoms with Crippen LogP contribution in [0, 0.1) is 0 Å². The molecule has 2 aliphatic heterocycles. The molecule has 0 radical (unpaired) electrons. The number of fused-ring (bicyclic) bond motifs is 6. The number of hydrogen-bond donors (Lipinski definition) is 1. The first-order chi connectivity index (χ1) is 14.0. The number of thiocarbonyl (C=S) groups is 1. The summed E-state index contributed by atoms with van der Waals surface area (Å²) in [5.74, 6) is -1.12. The molecule has 29 heavy (non-hydrogen) atoms. The summed E-state index contributed by atoms with van der Waals surface area (Å²) < 4.78 is 2.24. The number of carbonyl (C=O) groups excluding carboxylic acids is 1. The molecule has 1 aromatic heterocycles. The number of carboxylic acid groups (broad SMARTS) is 1. The van der Waals surface area contributed by atoms with Gasteiger partial charge in [0, 0.05) is 36.7 Å². The highest BCUT2D eigenvalue weighted by Crippen LogP contribution is 2.40. The summed E-state index contributed by atoms with van der Waals surface area (Å²) in [7, 11) is 1.75. The van der Waals surface area contributed by atoms with E-state index in [2.05, 4.69) is 21.6 Å². The summed E-state index contributed by atoms with van der Waals surface area (Å²) in [6.07, 6.45) is 0. The van der Waals surface area contributed by atoms with Gasteiger partial charge in [0.1, 0.15) is 0 Å². The molecule has 2 bridgehead atoms. The van der Waals surface area contributed by atoms with Gasteiger partial charge >= 0.3 is 5.97 Å². The number of carbonyl (C=O) groups is 2. The number of rotatable bonds is 3. The minimum atomic E-state index is -0.933. The molecule has 5 rings (SSSR count). The van der Waals surface area contributed by atoms with Crippen molar-refractivity contribution in [2.24, 2.45) is 0 Å². The third-order valence-electron chi connectivity index (χ3n) is 5.94. The van der Waals surface area contributed by atoms with Crippen molar-refractivity contribution in [1.82, 2.24) is 14.4 Å². The maximum Gasteiger partial charge on any atom is 0.335 e. The number of amides is 1. The van der Waals surface area contributed by atoms with Gasteiger partial charge in [0.15, 0.2) is 5.11 Å². The fourth-order valence-corrected chi connectivity index (χ4v) is 4.73. The Balaban J connectivity index is 1.65. The first-order valence-electron chi connectivity index (χ1n) is 9.44. The summed E-state index contributed by atoms with van der Waals surface area (Å²) in [4.78, 5) is 27.8. The zero-order valence-electron chi connectivity index (χ0n) is 15.8. The van der Waals surface area contributed by atoms with Crippen molar-refractivity contribution in [3.8, 4) is 0 Å². The number of benzene rings is 2. The quantitative estimate of drug-likeness (QED) is 0.679. The second-order valence-corrected chi connectivity index (χ2v) is 7.94. The van der Waals surface area contributed by atoms with E-state index in [4.69, 9.17) is 17.3 Å². The Kier molecular flexibility index (Phi) is 3.96. The highest BCUT2D eigenvalue weighted by atomic mass is 32.1. The van der Waals surface area contributed by atoms with E-state index in [1.807, 2.05) is 24.3 Å². The van der Waals surface area contributed by atoms with Gasteiger partial charge in [-0.1, -0.05) is 30.3 Å². The second-order valence-electron chi connectivity index (χ2n) is 7.58. The Hall–Kier alpha value is -3.19. The highest BCUT2D eigenvalue weighted by molar-refractivity contribution is 7.80. The maximum absolute atomic E-state index is 13.0. The van der Waals surface area contributed by atoms with Gasteiger partial charge in [-0.15, -0.1) is 0 Å². The molecule has 1 unspecified atom stereocenters. The molecular formula is C22H19N3O3S. The minimum absolute atomic E-state index is 0.0425. The van der Waals surface area contributed by atoms with Crippen LogP contribution in [0.3, 0.4) is 0 Å². The summed E-state index contributed by atoms with van der Waals surface area (Å²) in [5.41, 5.74) is 4.56. The van der Waals surface area contributed by atoms with Gasteiger partial charge in [0.2, 0.25) is 5.91 Å². The van der Waals surface area contributed by atoms with Gasteiger partial charge in [-0.05, 0) is 41.5 Å². The largest absolute Gasteiger partial charge is 0.478 e. The minimum Gasteiger partial charge on any atom is -0.478 e. The molecule has 3 heterocycles. The van der Waals surface area contributed by atoms with Crippen LogP contribution < -0.4 is 0 Å². The highest BCUT2D eigenvalue weighted by Gasteiger charge is 2.42. The number of aromatic nitrogens is 1. The van der Waals surface area contributed by atoms with Crippen LogP contribution in [0.15, 0.2) is 48.5 Å². The number of likely N-dealkylation sites (N-methyl/N-ethyl adjacent to an activating group) is 1. The summed E-state index contributed by atoms with van der Waals surface area (Å²) in [6, 6.07) is 15.1. The molecule has 1 N–H and O–H groups in total. The Morgan fingerprint density at radius 1 is 1.17 bits per heavy atom. The number of carboxylic acids is 1. The lowest BCUT2D eigenvalue weighted by Gasteiger charge is -2.43. The molecule has 0 aliphatic carbocycles. The van der Waals surface area contributed by atoms with E-state index in [0.29, 0.717) is 24.7 Å². The number of aromatic carboxylic acids is 1. The van der Waals surface area contributed by atoms with Crippen LogP contribution in [0.4, 0.5) is 0 Å². The lowest BCUT2D eigenvalue weighted by atomic mass is 9.89. The third-order valence-corrected chi connectivity index (χ3v) is 6.47. The van der Waals surface area contributed by atoms with Crippen molar-refractivity contribution < 1.29 is 14.7 Å². The Bertz CT molecular complexity index is 1180. The van der Waals surface area contributed by atoms with Crippen LogP contribution >= 0.6 is 12.2 Å². The van der Waals surface area contributed by atoms with E-state index in [-0.39, 0.29) is 17.4 Å². The normalized spacial score (nSPS) is 18.3. The van der Waals surface area contributed by atoms with Crippen LogP contribution in [0.2, 0.25) is 0 Å². The van der Waals surface area contributed by atoms with Gasteiger partial charge in [-0.25, -0.2) is 4.79 Å². The Morgan fingerprint density at radius 3 is 2.62 bits per heavy atom. The van der Waals surface area contributed by atoms with Crippen molar-refractivity contribution >= 4 is 40.1 Å². The van der Waals surface area contributed by atoms with Crippen molar-refractivity contribution in [2.45, 2.75) is 19.0 Å². The lowest BCUT2D eigenvalue weighted by molar-refractivity contribution is -0.130. The third kappa shape index (κ3) is 2.65. The van der Waals surface area contributed by atoms with Crippen molar-refractivity contribution in [1.29, 1.82) is 0 Å². The standard InChI is InChI=1S/C22H19N3O3S/c1-23-20(26)16-11-24(22(23)29)12-18-19(16)15-4-2-3-5-17(15)25(18)10-13-6-8-14(9-7-13)21(27)28/h2-9,16H,10-12H2,1H3,(H,27,28). The summed E-state index contributed by atoms with van der Waals surface area (Å²) in [5, 5.41) is 10.8. The van der Waals surface area contributed by atoms with Crippen molar-refractivity contribution in [2.75, 3.05) is 13.6 Å². The van der Waals surface area contributed by atoms with Crippen molar-refractivity contribution in [3.05, 3.63) is 70.9 Å². The van der Waals surface area contributed by atoms with E-state index < -0.39 is 5.97 Å². The molecule has 3 aromatic rings. The topological polar surface area (TPSA) is 65.8 Å². The van der Waals surface area contributed by atoms with Crippen LogP contribution in [0.5, 0.6) is 0 Å². The number of hydrogen-bond acceptors (Lipinski definition) is 3. The molecule has 2 aliphatic rings. The average molecular weight is 405 g/mol. The molecule has 1 fully saturated rings. The van der Waals surface area contributed by atoms with Crippen LogP contribution in [0.25, 0.3) is 10.9 Å². The molecule has 146 valence electrons. The van der Waals surface area contributed by atoms with Crippen LogP contribution in [0.1, 0.15) is 33.1 Å². The smallest absolute Gasteiger partial charge is 0.335 e. The lowest BCUT2D eigenvalue weighted by Crippen LogP contribution is -2.56. The van der Waals surface area contributed by atoms with E-state index in [1.165, 1.54) is 0 Å². The molecule has 1 saturated heterocycles. The van der Waals surface area contributed by atoms with Gasteiger partial charge in [-0.3, -0.25) is 9.69 Å². The molecule has 1 amide bonds. The predicted octanol–water partition coefficient (Wildman–Crippen LogP) is 3.04.